The fourth-order valence-corrected chi connectivity index (χ4v) is 7.94. The van der Waals surface area contributed by atoms with Crippen molar-refractivity contribution in [3.05, 3.63) is 116 Å². The molecular weight excluding hydrogens is 752 g/mol. The molecule has 1 saturated heterocycles. The minimum atomic E-state index is -4.69. The van der Waals surface area contributed by atoms with Gasteiger partial charge in [-0.2, -0.15) is 31.9 Å². The molecule has 17 heteroatoms. The Bertz CT molecular complexity index is 2560. The largest absolute Gasteiger partial charge is 0.416 e. The van der Waals surface area contributed by atoms with Gasteiger partial charge in [-0.1, -0.05) is 6.07 Å². The van der Waals surface area contributed by atoms with Crippen molar-refractivity contribution in [2.75, 3.05) is 13.1 Å². The third-order valence-electron chi connectivity index (χ3n) is 10.4. The van der Waals surface area contributed by atoms with Crippen LogP contribution in [0, 0.1) is 39.0 Å². The molecule has 2 aromatic heterocycles. The number of carbonyl (C=O) groups is 2. The van der Waals surface area contributed by atoms with E-state index < -0.39 is 39.6 Å². The molecule has 56 heavy (non-hydrogen) atoms. The monoisotopic (exact) mass is 789 g/mol. The lowest BCUT2D eigenvalue weighted by molar-refractivity contribution is -0.137. The molecule has 1 aliphatic heterocycles. The number of imidazole rings is 1. The maximum atomic E-state index is 14.2. The van der Waals surface area contributed by atoms with E-state index in [-0.39, 0.29) is 59.5 Å². The molecule has 1 aliphatic rings. The van der Waals surface area contributed by atoms with E-state index in [2.05, 4.69) is 10.4 Å². The van der Waals surface area contributed by atoms with Crippen LogP contribution in [0.1, 0.15) is 58.3 Å². The van der Waals surface area contributed by atoms with E-state index in [4.69, 9.17) is 0 Å². The predicted octanol–water partition coefficient (Wildman–Crippen LogP) is 6.04. The molecule has 2 amide bonds. The number of likely N-dealkylation sites (tertiary alicyclic amines) is 1. The van der Waals surface area contributed by atoms with Gasteiger partial charge in [-0.15, -0.1) is 0 Å². The topological polar surface area (TPSA) is 172 Å². The van der Waals surface area contributed by atoms with Gasteiger partial charge in [-0.05, 0) is 124 Å². The summed E-state index contributed by atoms with van der Waals surface area (Å²) in [6, 6.07) is 14.4. The van der Waals surface area contributed by atoms with Gasteiger partial charge in [0.25, 0.3) is 10.1 Å². The number of piperidine rings is 1. The van der Waals surface area contributed by atoms with E-state index in [1.165, 1.54) is 36.0 Å². The Morgan fingerprint density at radius 2 is 1.64 bits per heavy atom. The smallest absolute Gasteiger partial charge is 0.343 e. The van der Waals surface area contributed by atoms with Gasteiger partial charge in [-0.3, -0.25) is 13.9 Å². The summed E-state index contributed by atoms with van der Waals surface area (Å²) in [5, 5.41) is 16.5. The van der Waals surface area contributed by atoms with Gasteiger partial charge in [0.05, 0.1) is 51.1 Å². The molecule has 0 aliphatic carbocycles. The number of alkyl halides is 3. The summed E-state index contributed by atoms with van der Waals surface area (Å²) in [5.74, 6) is -0.177. The number of nitrogens with zero attached hydrogens (tertiary/aromatic N) is 6. The number of amides is 2. The molecule has 3 heterocycles. The Morgan fingerprint density at radius 3 is 2.27 bits per heavy atom. The van der Waals surface area contributed by atoms with Crippen molar-refractivity contribution < 1.29 is 35.7 Å². The first-order valence-electron chi connectivity index (χ1n) is 17.6. The summed E-state index contributed by atoms with van der Waals surface area (Å²) in [7, 11) is -4.46. The molecule has 0 atom stereocenters. The first-order valence-corrected chi connectivity index (χ1v) is 19.1. The zero-order valence-electron chi connectivity index (χ0n) is 30.9. The van der Waals surface area contributed by atoms with Crippen molar-refractivity contribution in [2.24, 2.45) is 0 Å². The number of hydrogen-bond donors (Lipinski definition) is 2. The fourth-order valence-electron chi connectivity index (χ4n) is 7.11. The summed E-state index contributed by atoms with van der Waals surface area (Å²) in [6.07, 6.45) is -2.23. The Balaban J connectivity index is 1.25. The van der Waals surface area contributed by atoms with E-state index in [9.17, 15) is 45.8 Å². The van der Waals surface area contributed by atoms with Crippen molar-refractivity contribution in [1.29, 1.82) is 5.26 Å². The van der Waals surface area contributed by atoms with Crippen LogP contribution in [-0.2, 0) is 27.5 Å². The average Bonchev–Trinajstić information content (AvgIpc) is 3.74. The lowest BCUT2D eigenvalue weighted by Crippen LogP contribution is -2.49. The molecular formula is C39H38F3N7O6S. The summed E-state index contributed by atoms with van der Waals surface area (Å²) < 4.78 is 78.2. The molecule has 0 bridgehead atoms. The zero-order valence-corrected chi connectivity index (χ0v) is 31.7. The Kier molecular flexibility index (Phi) is 10.8. The maximum Gasteiger partial charge on any atom is 0.416 e. The number of aromatic nitrogens is 4. The Morgan fingerprint density at radius 1 is 0.964 bits per heavy atom. The minimum Gasteiger partial charge on any atom is -0.343 e. The summed E-state index contributed by atoms with van der Waals surface area (Å²) in [5.41, 5.74) is 2.05. The SMILES string of the molecule is Cc1c(CCC(=O)N2CCC(NC(=O)n3c(-c4ccnn4-c4ccc(C#N)cc4)c(C)n(-c4cccc(C(F)(F)F)c4)c3=O)CC2)cc(S(=O)(=O)O)c(C)c1C. The second-order valence-corrected chi connectivity index (χ2v) is 15.1. The van der Waals surface area contributed by atoms with Crippen LogP contribution in [-0.4, -0.2) is 67.9 Å². The van der Waals surface area contributed by atoms with Crippen LogP contribution in [0.5, 0.6) is 0 Å². The van der Waals surface area contributed by atoms with Crippen LogP contribution in [0.25, 0.3) is 22.8 Å². The van der Waals surface area contributed by atoms with Crippen LogP contribution in [0.15, 0.2) is 76.6 Å². The van der Waals surface area contributed by atoms with E-state index in [1.807, 2.05) is 13.0 Å². The van der Waals surface area contributed by atoms with E-state index in [1.54, 1.807) is 49.1 Å². The highest BCUT2D eigenvalue weighted by Gasteiger charge is 2.33. The number of nitriles is 1. The third kappa shape index (κ3) is 7.75. The lowest BCUT2D eigenvalue weighted by atomic mass is 9.95. The summed E-state index contributed by atoms with van der Waals surface area (Å²) >= 11 is 0. The number of hydrogen-bond acceptors (Lipinski definition) is 7. The van der Waals surface area contributed by atoms with Crippen molar-refractivity contribution in [1.82, 2.24) is 29.1 Å². The van der Waals surface area contributed by atoms with E-state index in [0.717, 1.165) is 26.8 Å². The van der Waals surface area contributed by atoms with Crippen molar-refractivity contribution in [3.63, 3.8) is 0 Å². The van der Waals surface area contributed by atoms with Gasteiger partial charge < -0.3 is 10.2 Å². The normalized spacial score (nSPS) is 13.8. The highest BCUT2D eigenvalue weighted by Crippen LogP contribution is 2.32. The van der Waals surface area contributed by atoms with Gasteiger partial charge in [0, 0.05) is 25.6 Å². The second kappa shape index (κ2) is 15.3. The highest BCUT2D eigenvalue weighted by molar-refractivity contribution is 7.85. The van der Waals surface area contributed by atoms with Crippen LogP contribution < -0.4 is 11.0 Å². The van der Waals surface area contributed by atoms with Gasteiger partial charge >= 0.3 is 17.9 Å². The Labute approximate surface area is 320 Å². The van der Waals surface area contributed by atoms with Gasteiger partial charge in [0.15, 0.2) is 0 Å². The third-order valence-corrected chi connectivity index (χ3v) is 11.4. The molecule has 292 valence electrons. The number of nitrogens with one attached hydrogen (secondary N) is 1. The van der Waals surface area contributed by atoms with Crippen molar-refractivity contribution >= 4 is 22.1 Å². The van der Waals surface area contributed by atoms with Gasteiger partial charge in [-0.25, -0.2) is 18.8 Å². The molecule has 1 fully saturated rings. The van der Waals surface area contributed by atoms with Crippen molar-refractivity contribution in [2.45, 2.75) is 70.5 Å². The van der Waals surface area contributed by atoms with Crippen LogP contribution in [0.2, 0.25) is 0 Å². The highest BCUT2D eigenvalue weighted by atomic mass is 32.2. The second-order valence-electron chi connectivity index (χ2n) is 13.7. The standard InChI is InChI=1S/C39H38F3N7O6S/c1-23-24(2)28(20-34(25(23)3)56(53,54)55)10-13-35(50)46-18-15-30(16-19-46)45-37(51)48-36(33-14-17-44-49(33)31-11-8-27(22-43)9-12-31)26(4)47(38(48)52)32-7-5-6-29(21-32)39(40,41)42/h5-9,11-12,14,17,20-21,30H,10,13,15-16,18-19H2,1-4H3,(H,45,51)(H,53,54,55). The minimum absolute atomic E-state index is 0.0816. The van der Waals surface area contributed by atoms with E-state index in [0.29, 0.717) is 40.8 Å². The fraction of sp³-hybridized carbons (Fsp3) is 0.308. The van der Waals surface area contributed by atoms with E-state index >= 15 is 0 Å². The number of halogens is 3. The molecule has 3 aromatic carbocycles. The first-order chi connectivity index (χ1) is 26.4. The number of rotatable bonds is 8. The molecule has 0 unspecified atom stereocenters. The van der Waals surface area contributed by atoms with Gasteiger partial charge in [0.1, 0.15) is 5.69 Å². The van der Waals surface area contributed by atoms with Gasteiger partial charge in [0.2, 0.25) is 5.91 Å². The summed E-state index contributed by atoms with van der Waals surface area (Å²) in [4.78, 5) is 43.0. The summed E-state index contributed by atoms with van der Waals surface area (Å²) in [6.45, 7) is 7.28. The van der Waals surface area contributed by atoms with Crippen LogP contribution >= 0.6 is 0 Å². The molecule has 6 rings (SSSR count). The lowest BCUT2D eigenvalue weighted by Gasteiger charge is -2.32. The Hall–Kier alpha value is -5.99. The molecule has 0 spiro atoms. The number of benzene rings is 3. The quantitative estimate of drug-likeness (QED) is 0.179. The molecule has 0 saturated carbocycles. The predicted molar refractivity (Wildman–Crippen MR) is 199 cm³/mol. The van der Waals surface area contributed by atoms with Crippen LogP contribution in [0.4, 0.5) is 18.0 Å². The number of carbonyl (C=O) groups excluding carboxylic acids is 2. The molecule has 2 N–H and O–H groups in total. The number of aryl methyl sites for hydroxylation is 1. The first kappa shape index (κ1) is 39.7. The zero-order chi connectivity index (χ0) is 40.7. The molecule has 0 radical (unpaired) electrons. The van der Waals surface area contributed by atoms with Crippen molar-refractivity contribution in [3.8, 4) is 28.8 Å². The molecule has 13 nitrogen and oxygen atoms in total. The average molecular weight is 790 g/mol. The molecule has 5 aromatic rings. The maximum absolute atomic E-state index is 14.2. The van der Waals surface area contributed by atoms with Crippen LogP contribution in [0.3, 0.4) is 0 Å².